The predicted molar refractivity (Wildman–Crippen MR) is 95.6 cm³/mol. The molecule has 1 saturated carbocycles. The predicted octanol–water partition coefficient (Wildman–Crippen LogP) is 2.18. The topological polar surface area (TPSA) is 68.6 Å². The first-order valence-corrected chi connectivity index (χ1v) is 7.93. The minimum atomic E-state index is -0.0660. The Morgan fingerprint density at radius 1 is 1.30 bits per heavy atom. The van der Waals surface area contributed by atoms with Gasteiger partial charge in [-0.25, -0.2) is 0 Å². The van der Waals surface area contributed by atoms with Crippen molar-refractivity contribution in [2.45, 2.75) is 38.8 Å². The fraction of sp³-hybridized carbons (Fsp3) is 0.688. The molecule has 0 radical (unpaired) electrons. The summed E-state index contributed by atoms with van der Waals surface area (Å²) in [6.07, 6.45) is 5.38. The lowest BCUT2D eigenvalue weighted by Crippen LogP contribution is -2.45. The van der Waals surface area contributed by atoms with Gasteiger partial charge in [-0.15, -0.1) is 24.8 Å². The van der Waals surface area contributed by atoms with E-state index >= 15 is 0 Å². The molecule has 0 spiro atoms. The van der Waals surface area contributed by atoms with E-state index in [1.54, 1.807) is 6.20 Å². The van der Waals surface area contributed by atoms with E-state index in [9.17, 15) is 10.2 Å². The number of hydrogen-bond donors (Lipinski definition) is 3. The average molecular weight is 364 g/mol. The van der Waals surface area contributed by atoms with E-state index in [-0.39, 0.29) is 43.2 Å². The van der Waals surface area contributed by atoms with E-state index in [1.165, 1.54) is 12.8 Å². The van der Waals surface area contributed by atoms with Crippen molar-refractivity contribution >= 4 is 24.8 Å². The third-order valence-electron chi connectivity index (χ3n) is 4.71. The second-order valence-corrected chi connectivity index (χ2v) is 6.27. The number of halogens is 2. The fourth-order valence-corrected chi connectivity index (χ4v) is 3.26. The van der Waals surface area contributed by atoms with Gasteiger partial charge in [-0.1, -0.05) is 12.8 Å². The Morgan fingerprint density at radius 2 is 1.96 bits per heavy atom. The molecular formula is C16H27Cl2N3O2. The summed E-state index contributed by atoms with van der Waals surface area (Å²) < 4.78 is 0. The van der Waals surface area contributed by atoms with Crippen molar-refractivity contribution in [3.05, 3.63) is 23.0 Å². The summed E-state index contributed by atoms with van der Waals surface area (Å²) in [5.74, 6) is 1.04. The van der Waals surface area contributed by atoms with Crippen LogP contribution in [0.5, 0.6) is 5.75 Å². The van der Waals surface area contributed by atoms with Crippen molar-refractivity contribution in [2.75, 3.05) is 26.2 Å². The quantitative estimate of drug-likeness (QED) is 0.747. The summed E-state index contributed by atoms with van der Waals surface area (Å²) in [5, 5.41) is 23.6. The number of rotatable bonds is 5. The van der Waals surface area contributed by atoms with E-state index in [4.69, 9.17) is 0 Å². The molecule has 1 saturated heterocycles. The molecule has 7 heteroatoms. The van der Waals surface area contributed by atoms with E-state index in [1.807, 2.05) is 6.92 Å². The molecule has 1 aromatic rings. The summed E-state index contributed by atoms with van der Waals surface area (Å²) >= 11 is 0. The highest BCUT2D eigenvalue weighted by Crippen LogP contribution is 2.43. The molecule has 5 nitrogen and oxygen atoms in total. The van der Waals surface area contributed by atoms with Crippen molar-refractivity contribution in [1.82, 2.24) is 15.2 Å². The van der Waals surface area contributed by atoms with Crippen molar-refractivity contribution in [3.63, 3.8) is 0 Å². The first-order valence-electron chi connectivity index (χ1n) is 7.93. The molecule has 1 aromatic heterocycles. The summed E-state index contributed by atoms with van der Waals surface area (Å²) in [5.41, 5.74) is 2.32. The number of nitrogens with one attached hydrogen (secondary N) is 1. The highest BCUT2D eigenvalue weighted by molar-refractivity contribution is 5.85. The zero-order valence-corrected chi connectivity index (χ0v) is 15.1. The maximum absolute atomic E-state index is 10.5. The molecule has 3 rings (SSSR count). The number of pyridine rings is 1. The summed E-state index contributed by atoms with van der Waals surface area (Å²) in [6, 6.07) is 0.198. The van der Waals surface area contributed by atoms with Crippen LogP contribution in [-0.2, 0) is 6.61 Å². The second kappa shape index (κ2) is 9.04. The smallest absolute Gasteiger partial charge is 0.141 e. The van der Waals surface area contributed by atoms with Gasteiger partial charge < -0.3 is 15.5 Å². The molecule has 0 amide bonds. The van der Waals surface area contributed by atoms with Crippen LogP contribution in [0.15, 0.2) is 6.20 Å². The third-order valence-corrected chi connectivity index (χ3v) is 4.71. The standard InChI is InChI=1S/C16H25N3O2.2ClH/c1-11-16(21)15(13(10-20)9-18-11)14(8-12-2-3-12)19-6-4-17-5-7-19;;/h9,12,14,17,20-21H,2-8,10H2,1H3;2*1H/t14-;;/m1../s1. The third kappa shape index (κ3) is 4.70. The highest BCUT2D eigenvalue weighted by atomic mass is 35.5. The van der Waals surface area contributed by atoms with E-state index in [0.717, 1.165) is 49.6 Å². The van der Waals surface area contributed by atoms with Crippen molar-refractivity contribution in [2.24, 2.45) is 5.92 Å². The van der Waals surface area contributed by atoms with E-state index in [2.05, 4.69) is 15.2 Å². The zero-order chi connectivity index (χ0) is 14.8. The molecular weight excluding hydrogens is 337 g/mol. The second-order valence-electron chi connectivity index (χ2n) is 6.27. The molecule has 23 heavy (non-hydrogen) atoms. The van der Waals surface area contributed by atoms with Gasteiger partial charge in [-0.05, 0) is 19.3 Å². The highest BCUT2D eigenvalue weighted by Gasteiger charge is 2.33. The number of aliphatic hydroxyl groups excluding tert-OH is 1. The van der Waals surface area contributed by atoms with E-state index in [0.29, 0.717) is 5.69 Å². The lowest BCUT2D eigenvalue weighted by molar-refractivity contribution is 0.155. The molecule has 132 valence electrons. The molecule has 2 fully saturated rings. The molecule has 1 atom stereocenters. The molecule has 1 aliphatic heterocycles. The average Bonchev–Trinajstić information content (AvgIpc) is 3.33. The van der Waals surface area contributed by atoms with Gasteiger partial charge in [-0.3, -0.25) is 9.88 Å². The minimum absolute atomic E-state index is 0. The van der Waals surface area contributed by atoms with Crippen LogP contribution >= 0.6 is 24.8 Å². The molecule has 1 aliphatic carbocycles. The number of hydrogen-bond acceptors (Lipinski definition) is 5. The molecule has 3 N–H and O–H groups in total. The van der Waals surface area contributed by atoms with Gasteiger partial charge >= 0.3 is 0 Å². The Bertz CT molecular complexity index is 506. The SMILES string of the molecule is Cc1ncc(CO)c([C@@H](CC2CC2)N2CCNCC2)c1O.Cl.Cl. The Labute approximate surface area is 150 Å². The van der Waals surface area contributed by atoms with Gasteiger partial charge in [0.25, 0.3) is 0 Å². The van der Waals surface area contributed by atoms with Gasteiger partial charge in [0, 0.05) is 49.5 Å². The molecule has 2 aliphatic rings. The molecule has 2 heterocycles. The first-order chi connectivity index (χ1) is 10.2. The van der Waals surface area contributed by atoms with Gasteiger partial charge in [-0.2, -0.15) is 0 Å². The Morgan fingerprint density at radius 3 is 2.52 bits per heavy atom. The van der Waals surface area contributed by atoms with Gasteiger partial charge in [0.2, 0.25) is 0 Å². The van der Waals surface area contributed by atoms with Crippen molar-refractivity contribution in [3.8, 4) is 5.75 Å². The molecule has 0 unspecified atom stereocenters. The van der Waals surface area contributed by atoms with Crippen LogP contribution in [0.4, 0.5) is 0 Å². The number of piperazine rings is 1. The minimum Gasteiger partial charge on any atom is -0.506 e. The van der Waals surface area contributed by atoms with E-state index < -0.39 is 0 Å². The van der Waals surface area contributed by atoms with Crippen LogP contribution in [-0.4, -0.2) is 46.3 Å². The van der Waals surface area contributed by atoms with Crippen LogP contribution in [0.3, 0.4) is 0 Å². The number of aromatic hydroxyl groups is 1. The normalized spacial score (nSPS) is 19.6. The van der Waals surface area contributed by atoms with Crippen LogP contribution in [0.1, 0.15) is 42.1 Å². The molecule has 0 aromatic carbocycles. The summed E-state index contributed by atoms with van der Waals surface area (Å²) in [4.78, 5) is 6.64. The van der Waals surface area contributed by atoms with Gasteiger partial charge in [0.15, 0.2) is 0 Å². The lowest BCUT2D eigenvalue weighted by Gasteiger charge is -2.36. The number of aliphatic hydroxyl groups is 1. The monoisotopic (exact) mass is 363 g/mol. The maximum Gasteiger partial charge on any atom is 0.141 e. The maximum atomic E-state index is 10.5. The van der Waals surface area contributed by atoms with Crippen molar-refractivity contribution in [1.29, 1.82) is 0 Å². The zero-order valence-electron chi connectivity index (χ0n) is 13.5. The van der Waals surface area contributed by atoms with Crippen LogP contribution in [0.2, 0.25) is 0 Å². The van der Waals surface area contributed by atoms with Crippen LogP contribution in [0, 0.1) is 12.8 Å². The summed E-state index contributed by atoms with van der Waals surface area (Å²) in [7, 11) is 0. The first kappa shape index (κ1) is 20.5. The number of aryl methyl sites for hydroxylation is 1. The Hall–Kier alpha value is -0.590. The van der Waals surface area contributed by atoms with Gasteiger partial charge in [0.1, 0.15) is 5.75 Å². The largest absolute Gasteiger partial charge is 0.506 e. The summed E-state index contributed by atoms with van der Waals surface area (Å²) in [6.45, 7) is 5.71. The fourth-order valence-electron chi connectivity index (χ4n) is 3.26. The van der Waals surface area contributed by atoms with Crippen LogP contribution < -0.4 is 5.32 Å². The van der Waals surface area contributed by atoms with Crippen LogP contribution in [0.25, 0.3) is 0 Å². The number of aromatic nitrogens is 1. The Balaban J connectivity index is 0.00000132. The molecule has 0 bridgehead atoms. The van der Waals surface area contributed by atoms with Crippen molar-refractivity contribution < 1.29 is 10.2 Å². The number of nitrogens with zero attached hydrogens (tertiary/aromatic N) is 2. The van der Waals surface area contributed by atoms with Gasteiger partial charge in [0.05, 0.1) is 12.3 Å². The lowest BCUT2D eigenvalue weighted by atomic mass is 9.94. The Kier molecular flexibility index (Phi) is 8.04.